The molecule has 0 bridgehead atoms. The summed E-state index contributed by atoms with van der Waals surface area (Å²) >= 11 is 3.28. The number of benzene rings is 1. The van der Waals surface area contributed by atoms with E-state index in [1.165, 1.54) is 0 Å². The van der Waals surface area contributed by atoms with E-state index in [2.05, 4.69) is 26.1 Å². The van der Waals surface area contributed by atoms with Crippen LogP contribution >= 0.6 is 15.9 Å². The Labute approximate surface area is 88.1 Å². The Bertz CT molecular complexity index is 493. The van der Waals surface area contributed by atoms with Crippen LogP contribution in [0.25, 0.3) is 10.9 Å². The molecule has 0 saturated carbocycles. The molecule has 0 aliphatic heterocycles. The highest BCUT2D eigenvalue weighted by Gasteiger charge is 2.05. The van der Waals surface area contributed by atoms with Crippen LogP contribution in [-0.2, 0) is 11.2 Å². The number of rotatable bonds is 2. The average molecular weight is 255 g/mol. The Morgan fingerprint density at radius 2 is 2.36 bits per heavy atom. The lowest BCUT2D eigenvalue weighted by Gasteiger charge is -1.96. The third kappa shape index (κ3) is 1.63. The van der Waals surface area contributed by atoms with Gasteiger partial charge in [0.1, 0.15) is 4.60 Å². The van der Waals surface area contributed by atoms with Crippen LogP contribution in [0.2, 0.25) is 0 Å². The number of fused-ring (bicyclic) bond motifs is 1. The van der Waals surface area contributed by atoms with Crippen LogP contribution in [0.15, 0.2) is 22.8 Å². The normalized spacial score (nSPS) is 10.6. The number of hydrogen-bond acceptors (Lipinski definition) is 2. The van der Waals surface area contributed by atoms with Gasteiger partial charge < -0.3 is 5.11 Å². The average Bonchev–Trinajstić information content (AvgIpc) is 2.46. The van der Waals surface area contributed by atoms with Gasteiger partial charge in [-0.2, -0.15) is 5.10 Å². The van der Waals surface area contributed by atoms with Crippen LogP contribution in [0.1, 0.15) is 5.56 Å². The van der Waals surface area contributed by atoms with Gasteiger partial charge in [0, 0.05) is 5.39 Å². The molecule has 4 nitrogen and oxygen atoms in total. The molecule has 5 heteroatoms. The monoisotopic (exact) mass is 254 g/mol. The van der Waals surface area contributed by atoms with Crippen LogP contribution in [0.4, 0.5) is 0 Å². The highest BCUT2D eigenvalue weighted by atomic mass is 79.9. The highest BCUT2D eigenvalue weighted by Crippen LogP contribution is 2.21. The number of aliphatic carboxylic acids is 1. The van der Waals surface area contributed by atoms with Crippen LogP contribution in [0.5, 0.6) is 0 Å². The lowest BCUT2D eigenvalue weighted by atomic mass is 10.1. The number of halogens is 1. The van der Waals surface area contributed by atoms with E-state index in [1.807, 2.05) is 6.07 Å². The molecule has 0 radical (unpaired) electrons. The van der Waals surface area contributed by atoms with E-state index in [1.54, 1.807) is 12.1 Å². The minimum atomic E-state index is -0.831. The number of carbonyl (C=O) groups is 1. The summed E-state index contributed by atoms with van der Waals surface area (Å²) < 4.78 is 0.745. The summed E-state index contributed by atoms with van der Waals surface area (Å²) in [7, 11) is 0. The van der Waals surface area contributed by atoms with Crippen molar-refractivity contribution in [1.82, 2.24) is 10.2 Å². The van der Waals surface area contributed by atoms with Crippen molar-refractivity contribution in [2.45, 2.75) is 6.42 Å². The number of aromatic amines is 1. The first-order chi connectivity index (χ1) is 6.66. The SMILES string of the molecule is O=C(O)Cc1ccc2c(Br)n[nH]c2c1. The minimum Gasteiger partial charge on any atom is -0.481 e. The molecular weight excluding hydrogens is 248 g/mol. The standard InChI is InChI=1S/C9H7BrN2O2/c10-9-6-2-1-5(4-8(13)14)3-7(6)11-12-9/h1-3H,4H2,(H,11,12)(H,13,14). The van der Waals surface area contributed by atoms with Gasteiger partial charge in [-0.25, -0.2) is 0 Å². The molecule has 2 N–H and O–H groups in total. The van der Waals surface area contributed by atoms with Crippen LogP contribution in [-0.4, -0.2) is 21.3 Å². The van der Waals surface area contributed by atoms with E-state index in [0.717, 1.165) is 21.1 Å². The fraction of sp³-hybridized carbons (Fsp3) is 0.111. The fourth-order valence-corrected chi connectivity index (χ4v) is 1.75. The van der Waals surface area contributed by atoms with Crippen molar-refractivity contribution in [3.8, 4) is 0 Å². The van der Waals surface area contributed by atoms with Crippen LogP contribution in [0, 0.1) is 0 Å². The molecule has 1 aromatic carbocycles. The molecule has 2 rings (SSSR count). The summed E-state index contributed by atoms with van der Waals surface area (Å²) in [5.41, 5.74) is 1.61. The molecule has 2 aromatic rings. The molecule has 1 aromatic heterocycles. The maximum absolute atomic E-state index is 10.5. The van der Waals surface area contributed by atoms with Gasteiger partial charge in [0.15, 0.2) is 0 Å². The summed E-state index contributed by atoms with van der Waals surface area (Å²) in [6, 6.07) is 5.43. The van der Waals surface area contributed by atoms with Gasteiger partial charge in [-0.15, -0.1) is 0 Å². The number of nitrogens with one attached hydrogen (secondary N) is 1. The Balaban J connectivity index is 2.46. The van der Waals surface area contributed by atoms with E-state index in [-0.39, 0.29) is 6.42 Å². The Morgan fingerprint density at radius 3 is 3.07 bits per heavy atom. The van der Waals surface area contributed by atoms with Crippen molar-refractivity contribution in [3.05, 3.63) is 28.4 Å². The summed E-state index contributed by atoms with van der Waals surface area (Å²) in [4.78, 5) is 10.5. The van der Waals surface area contributed by atoms with Gasteiger partial charge in [0.25, 0.3) is 0 Å². The first kappa shape index (κ1) is 9.21. The summed E-state index contributed by atoms with van der Waals surface area (Å²) in [5, 5.41) is 16.3. The molecule has 0 saturated heterocycles. The number of carboxylic acid groups (broad SMARTS) is 1. The molecular formula is C9H7BrN2O2. The molecule has 0 aliphatic carbocycles. The number of nitrogens with zero attached hydrogens (tertiary/aromatic N) is 1. The highest BCUT2D eigenvalue weighted by molar-refractivity contribution is 9.10. The van der Waals surface area contributed by atoms with Gasteiger partial charge in [-0.1, -0.05) is 6.07 Å². The molecule has 0 spiro atoms. The second kappa shape index (κ2) is 3.42. The Morgan fingerprint density at radius 1 is 1.57 bits per heavy atom. The van der Waals surface area contributed by atoms with Gasteiger partial charge >= 0.3 is 5.97 Å². The largest absolute Gasteiger partial charge is 0.481 e. The third-order valence-corrected chi connectivity index (χ3v) is 2.54. The third-order valence-electron chi connectivity index (χ3n) is 1.94. The maximum atomic E-state index is 10.5. The lowest BCUT2D eigenvalue weighted by molar-refractivity contribution is -0.136. The lowest BCUT2D eigenvalue weighted by Crippen LogP contribution is -1.99. The van der Waals surface area contributed by atoms with Crippen molar-refractivity contribution in [3.63, 3.8) is 0 Å². The first-order valence-corrected chi connectivity index (χ1v) is 4.80. The molecule has 0 atom stereocenters. The van der Waals surface area contributed by atoms with Crippen molar-refractivity contribution in [2.75, 3.05) is 0 Å². The van der Waals surface area contributed by atoms with E-state index in [0.29, 0.717) is 0 Å². The second-order valence-corrected chi connectivity index (χ2v) is 3.72. The predicted molar refractivity (Wildman–Crippen MR) is 55.1 cm³/mol. The topological polar surface area (TPSA) is 66.0 Å². The Kier molecular flexibility index (Phi) is 2.25. The predicted octanol–water partition coefficient (Wildman–Crippen LogP) is 1.95. The summed E-state index contributed by atoms with van der Waals surface area (Å²) in [6.45, 7) is 0. The van der Waals surface area contributed by atoms with E-state index < -0.39 is 5.97 Å². The Hall–Kier alpha value is -1.36. The number of carboxylic acids is 1. The minimum absolute atomic E-state index is 0.0343. The van der Waals surface area contributed by atoms with Gasteiger partial charge in [-0.05, 0) is 33.6 Å². The molecule has 1 heterocycles. The van der Waals surface area contributed by atoms with Crippen molar-refractivity contribution >= 4 is 32.8 Å². The molecule has 14 heavy (non-hydrogen) atoms. The first-order valence-electron chi connectivity index (χ1n) is 4.01. The molecule has 0 unspecified atom stereocenters. The van der Waals surface area contributed by atoms with Crippen molar-refractivity contribution < 1.29 is 9.90 Å². The number of H-pyrrole nitrogens is 1. The molecule has 0 aliphatic rings. The second-order valence-electron chi connectivity index (χ2n) is 2.96. The summed E-state index contributed by atoms with van der Waals surface area (Å²) in [5.74, 6) is -0.831. The summed E-state index contributed by atoms with van der Waals surface area (Å²) in [6.07, 6.45) is 0.0343. The zero-order chi connectivity index (χ0) is 10.1. The molecule has 72 valence electrons. The number of hydrogen-bond donors (Lipinski definition) is 2. The van der Waals surface area contributed by atoms with Gasteiger partial charge in [0.05, 0.1) is 11.9 Å². The smallest absolute Gasteiger partial charge is 0.307 e. The fourth-order valence-electron chi connectivity index (χ4n) is 1.32. The molecule has 0 amide bonds. The zero-order valence-corrected chi connectivity index (χ0v) is 8.71. The zero-order valence-electron chi connectivity index (χ0n) is 7.12. The van der Waals surface area contributed by atoms with Crippen molar-refractivity contribution in [2.24, 2.45) is 0 Å². The van der Waals surface area contributed by atoms with E-state index in [9.17, 15) is 4.79 Å². The van der Waals surface area contributed by atoms with Crippen molar-refractivity contribution in [1.29, 1.82) is 0 Å². The molecule has 0 fully saturated rings. The van der Waals surface area contributed by atoms with Gasteiger partial charge in [0.2, 0.25) is 0 Å². The van der Waals surface area contributed by atoms with Crippen LogP contribution < -0.4 is 0 Å². The van der Waals surface area contributed by atoms with Gasteiger partial charge in [-0.3, -0.25) is 9.89 Å². The van der Waals surface area contributed by atoms with E-state index >= 15 is 0 Å². The maximum Gasteiger partial charge on any atom is 0.307 e. The van der Waals surface area contributed by atoms with Crippen LogP contribution in [0.3, 0.4) is 0 Å². The quantitative estimate of drug-likeness (QED) is 0.861. The van der Waals surface area contributed by atoms with E-state index in [4.69, 9.17) is 5.11 Å². The number of aromatic nitrogens is 2.